The lowest BCUT2D eigenvalue weighted by Crippen LogP contribution is -2.22. The maximum Gasteiger partial charge on any atom is 0.150 e. The number of nitrogen functional groups attached to an aromatic ring is 1. The molecule has 0 bridgehead atoms. The number of nitrogens with two attached hydrogens (primary N) is 1. The number of rotatable bonds is 8. The van der Waals surface area contributed by atoms with E-state index in [4.69, 9.17) is 11.1 Å². The quantitative estimate of drug-likeness (QED) is 0.558. The van der Waals surface area contributed by atoms with Crippen molar-refractivity contribution in [1.82, 2.24) is 4.90 Å². The van der Waals surface area contributed by atoms with Gasteiger partial charge in [0.2, 0.25) is 0 Å². The van der Waals surface area contributed by atoms with Crippen LogP contribution in [0.5, 0.6) is 0 Å². The topological polar surface area (TPSA) is 87.2 Å². The van der Waals surface area contributed by atoms with Gasteiger partial charge in [-0.2, -0.15) is 0 Å². The second-order valence-corrected chi connectivity index (χ2v) is 7.41. The third-order valence-corrected chi connectivity index (χ3v) is 4.92. The molecule has 0 aliphatic rings. The standard InChI is InChI=1S/C14H23N3O2S/c1-3-20(18,19)9-5-8-17(2)11-12-6-4-7-13(10-12)14(15)16/h4,6-7,10H,3,5,8-9,11H2,1-2H3,(H3,15,16). The molecule has 3 N–H and O–H groups in total. The second kappa shape index (κ2) is 7.40. The predicted molar refractivity (Wildman–Crippen MR) is 82.7 cm³/mol. The molecular formula is C14H23N3O2S. The van der Waals surface area contributed by atoms with Crippen LogP contribution >= 0.6 is 0 Å². The molecule has 5 nitrogen and oxygen atoms in total. The van der Waals surface area contributed by atoms with Crippen LogP contribution in [0.15, 0.2) is 24.3 Å². The van der Waals surface area contributed by atoms with Gasteiger partial charge in [0, 0.05) is 17.9 Å². The lowest BCUT2D eigenvalue weighted by Gasteiger charge is -2.17. The van der Waals surface area contributed by atoms with Crippen LogP contribution in [0.1, 0.15) is 24.5 Å². The summed E-state index contributed by atoms with van der Waals surface area (Å²) in [7, 11) is -0.920. The van der Waals surface area contributed by atoms with Crippen LogP contribution in [-0.2, 0) is 16.4 Å². The zero-order valence-electron chi connectivity index (χ0n) is 12.1. The number of benzene rings is 1. The molecule has 1 aromatic carbocycles. The van der Waals surface area contributed by atoms with Gasteiger partial charge in [0.25, 0.3) is 0 Å². The van der Waals surface area contributed by atoms with Crippen molar-refractivity contribution in [2.24, 2.45) is 5.73 Å². The van der Waals surface area contributed by atoms with Gasteiger partial charge in [0.15, 0.2) is 0 Å². The molecule has 6 heteroatoms. The molecule has 0 radical (unpaired) electrons. The summed E-state index contributed by atoms with van der Waals surface area (Å²) in [5.74, 6) is 0.502. The molecule has 0 spiro atoms. The maximum absolute atomic E-state index is 11.4. The van der Waals surface area contributed by atoms with E-state index in [0.29, 0.717) is 18.5 Å². The summed E-state index contributed by atoms with van der Waals surface area (Å²) in [6.45, 7) is 3.11. The number of sulfone groups is 1. The molecule has 0 fully saturated rings. The molecule has 0 unspecified atom stereocenters. The van der Waals surface area contributed by atoms with Gasteiger partial charge >= 0.3 is 0 Å². The molecule has 0 saturated carbocycles. The van der Waals surface area contributed by atoms with Gasteiger partial charge in [0.1, 0.15) is 15.7 Å². The Balaban J connectivity index is 2.48. The highest BCUT2D eigenvalue weighted by atomic mass is 32.2. The number of nitrogens with zero attached hydrogens (tertiary/aromatic N) is 1. The molecule has 1 aromatic rings. The molecule has 0 amide bonds. The Bertz CT molecular complexity index is 555. The Kier molecular flexibility index (Phi) is 6.16. The number of nitrogens with one attached hydrogen (secondary N) is 1. The second-order valence-electron chi connectivity index (χ2n) is 4.94. The van der Waals surface area contributed by atoms with E-state index in [9.17, 15) is 8.42 Å². The summed E-state index contributed by atoms with van der Waals surface area (Å²) in [6.07, 6.45) is 0.638. The number of hydrogen-bond acceptors (Lipinski definition) is 4. The van der Waals surface area contributed by atoms with Crippen molar-refractivity contribution in [1.29, 1.82) is 5.41 Å². The fourth-order valence-corrected chi connectivity index (χ4v) is 2.78. The van der Waals surface area contributed by atoms with Crippen LogP contribution < -0.4 is 5.73 Å². The van der Waals surface area contributed by atoms with E-state index in [1.807, 2.05) is 25.2 Å². The monoisotopic (exact) mass is 297 g/mol. The zero-order valence-corrected chi connectivity index (χ0v) is 12.9. The van der Waals surface area contributed by atoms with Crippen molar-refractivity contribution >= 4 is 15.7 Å². The minimum atomic E-state index is -2.88. The third kappa shape index (κ3) is 5.71. The SMILES string of the molecule is CCS(=O)(=O)CCCN(C)Cc1cccc(C(=N)N)c1. The van der Waals surface area contributed by atoms with Crippen molar-refractivity contribution in [3.05, 3.63) is 35.4 Å². The van der Waals surface area contributed by atoms with Gasteiger partial charge in [-0.1, -0.05) is 25.1 Å². The normalized spacial score (nSPS) is 11.8. The van der Waals surface area contributed by atoms with Gasteiger partial charge in [-0.05, 0) is 31.6 Å². The summed E-state index contributed by atoms with van der Waals surface area (Å²) in [5, 5.41) is 7.41. The summed E-state index contributed by atoms with van der Waals surface area (Å²) >= 11 is 0. The lowest BCUT2D eigenvalue weighted by atomic mass is 10.1. The Morgan fingerprint density at radius 3 is 2.70 bits per heavy atom. The van der Waals surface area contributed by atoms with Gasteiger partial charge < -0.3 is 10.6 Å². The van der Waals surface area contributed by atoms with Crippen molar-refractivity contribution in [2.45, 2.75) is 19.9 Å². The molecule has 20 heavy (non-hydrogen) atoms. The fourth-order valence-electron chi connectivity index (χ4n) is 1.93. The van der Waals surface area contributed by atoms with Crippen LogP contribution in [-0.4, -0.2) is 44.3 Å². The van der Waals surface area contributed by atoms with E-state index in [2.05, 4.69) is 4.90 Å². The van der Waals surface area contributed by atoms with Gasteiger partial charge in [-0.25, -0.2) is 8.42 Å². The Hall–Kier alpha value is -1.40. The molecular weight excluding hydrogens is 274 g/mol. The van der Waals surface area contributed by atoms with Gasteiger partial charge in [-0.3, -0.25) is 5.41 Å². The first kappa shape index (κ1) is 16.7. The Morgan fingerprint density at radius 1 is 1.40 bits per heavy atom. The first-order valence-electron chi connectivity index (χ1n) is 6.66. The molecule has 0 aliphatic heterocycles. The van der Waals surface area contributed by atoms with Gasteiger partial charge in [-0.15, -0.1) is 0 Å². The van der Waals surface area contributed by atoms with E-state index in [-0.39, 0.29) is 17.3 Å². The first-order chi connectivity index (χ1) is 9.34. The highest BCUT2D eigenvalue weighted by Crippen LogP contribution is 2.08. The Labute approximate surface area is 121 Å². The average Bonchev–Trinajstić information content (AvgIpc) is 2.38. The van der Waals surface area contributed by atoms with Crippen molar-refractivity contribution in [2.75, 3.05) is 25.1 Å². The number of hydrogen-bond donors (Lipinski definition) is 2. The molecule has 0 aromatic heterocycles. The summed E-state index contributed by atoms with van der Waals surface area (Å²) in [5.41, 5.74) is 7.24. The van der Waals surface area contributed by atoms with Crippen molar-refractivity contribution in [3.8, 4) is 0 Å². The van der Waals surface area contributed by atoms with Crippen LogP contribution in [0.3, 0.4) is 0 Å². The van der Waals surface area contributed by atoms with Crippen LogP contribution in [0.4, 0.5) is 0 Å². The Morgan fingerprint density at radius 2 is 2.10 bits per heavy atom. The van der Waals surface area contributed by atoms with Gasteiger partial charge in [0.05, 0.1) is 5.75 Å². The van der Waals surface area contributed by atoms with E-state index < -0.39 is 9.84 Å². The molecule has 0 aliphatic carbocycles. The van der Waals surface area contributed by atoms with E-state index in [1.54, 1.807) is 13.0 Å². The highest BCUT2D eigenvalue weighted by molar-refractivity contribution is 7.91. The first-order valence-corrected chi connectivity index (χ1v) is 8.48. The largest absolute Gasteiger partial charge is 0.384 e. The summed E-state index contributed by atoms with van der Waals surface area (Å²) < 4.78 is 22.8. The van der Waals surface area contributed by atoms with E-state index in [0.717, 1.165) is 12.1 Å². The maximum atomic E-state index is 11.4. The number of amidine groups is 1. The highest BCUT2D eigenvalue weighted by Gasteiger charge is 2.08. The fraction of sp³-hybridized carbons (Fsp3) is 0.500. The lowest BCUT2D eigenvalue weighted by molar-refractivity contribution is 0.328. The van der Waals surface area contributed by atoms with Crippen LogP contribution in [0.2, 0.25) is 0 Å². The van der Waals surface area contributed by atoms with E-state index >= 15 is 0 Å². The minimum absolute atomic E-state index is 0.0588. The minimum Gasteiger partial charge on any atom is -0.384 e. The molecule has 0 saturated heterocycles. The summed E-state index contributed by atoms with van der Waals surface area (Å²) in [6, 6.07) is 7.55. The average molecular weight is 297 g/mol. The summed E-state index contributed by atoms with van der Waals surface area (Å²) in [4.78, 5) is 2.07. The molecule has 112 valence electrons. The smallest absolute Gasteiger partial charge is 0.150 e. The van der Waals surface area contributed by atoms with Crippen molar-refractivity contribution < 1.29 is 8.42 Å². The van der Waals surface area contributed by atoms with E-state index in [1.165, 1.54) is 0 Å². The molecule has 0 heterocycles. The van der Waals surface area contributed by atoms with Crippen LogP contribution in [0, 0.1) is 5.41 Å². The third-order valence-electron chi connectivity index (χ3n) is 3.13. The predicted octanol–water partition coefficient (Wildman–Crippen LogP) is 1.23. The zero-order chi connectivity index (χ0) is 15.2. The molecule has 1 rings (SSSR count). The molecule has 0 atom stereocenters. The van der Waals surface area contributed by atoms with Crippen molar-refractivity contribution in [3.63, 3.8) is 0 Å². The van der Waals surface area contributed by atoms with Crippen LogP contribution in [0.25, 0.3) is 0 Å².